The number of thiazole rings is 1. The van der Waals surface area contributed by atoms with Gasteiger partial charge in [-0.2, -0.15) is 0 Å². The van der Waals surface area contributed by atoms with Gasteiger partial charge in [0.05, 0.1) is 21.7 Å². The molecule has 1 amide bonds. The maximum absolute atomic E-state index is 12.0. The van der Waals surface area contributed by atoms with E-state index in [0.29, 0.717) is 17.4 Å². The molecule has 150 valence electrons. The van der Waals surface area contributed by atoms with Gasteiger partial charge in [-0.15, -0.1) is 21.5 Å². The summed E-state index contributed by atoms with van der Waals surface area (Å²) in [5.41, 5.74) is 1.03. The number of nitrogens with zero attached hydrogens (tertiary/aromatic N) is 4. The highest BCUT2D eigenvalue weighted by Crippen LogP contribution is 2.31. The van der Waals surface area contributed by atoms with Gasteiger partial charge in [0.2, 0.25) is 5.91 Å². The monoisotopic (exact) mass is 435 g/mol. The zero-order chi connectivity index (χ0) is 19.9. The van der Waals surface area contributed by atoms with Crippen LogP contribution in [0.4, 0.5) is 0 Å². The van der Waals surface area contributed by atoms with Crippen LogP contribution in [0.15, 0.2) is 33.8 Å². The quantitative estimate of drug-likeness (QED) is 0.474. The van der Waals surface area contributed by atoms with Gasteiger partial charge in [-0.25, -0.2) is 4.98 Å². The van der Waals surface area contributed by atoms with E-state index in [1.807, 2.05) is 18.2 Å². The zero-order valence-corrected chi connectivity index (χ0v) is 18.8. The summed E-state index contributed by atoms with van der Waals surface area (Å²) < 4.78 is 4.30. The van der Waals surface area contributed by atoms with Crippen LogP contribution in [-0.2, 0) is 17.1 Å². The molecule has 1 N–H and O–H groups in total. The average Bonchev–Trinajstić information content (AvgIpc) is 3.27. The summed E-state index contributed by atoms with van der Waals surface area (Å²) in [5.74, 6) is 2.62. The number of nitrogens with one attached hydrogen (secondary N) is 1. The second-order valence-electron chi connectivity index (χ2n) is 6.70. The molecular formula is C19H25N5OS3. The van der Waals surface area contributed by atoms with Crippen LogP contribution in [0, 0.1) is 5.92 Å². The summed E-state index contributed by atoms with van der Waals surface area (Å²) in [6.07, 6.45) is 0.995. The Hall–Kier alpha value is -1.58. The first kappa shape index (κ1) is 21.1. The number of amides is 1. The lowest BCUT2D eigenvalue weighted by Gasteiger charge is -2.08. The van der Waals surface area contributed by atoms with Crippen LogP contribution >= 0.6 is 34.9 Å². The molecule has 28 heavy (non-hydrogen) atoms. The van der Waals surface area contributed by atoms with Crippen LogP contribution in [0.5, 0.6) is 0 Å². The highest BCUT2D eigenvalue weighted by Gasteiger charge is 2.14. The van der Waals surface area contributed by atoms with Crippen molar-refractivity contribution in [3.63, 3.8) is 0 Å². The zero-order valence-electron chi connectivity index (χ0n) is 16.3. The summed E-state index contributed by atoms with van der Waals surface area (Å²) in [4.78, 5) is 16.7. The molecule has 0 saturated carbocycles. The first-order valence-corrected chi connectivity index (χ1v) is 12.2. The Morgan fingerprint density at radius 1 is 1.25 bits per heavy atom. The van der Waals surface area contributed by atoms with Crippen molar-refractivity contribution < 1.29 is 4.79 Å². The molecule has 0 saturated heterocycles. The van der Waals surface area contributed by atoms with Crippen molar-refractivity contribution in [3.05, 3.63) is 30.1 Å². The van der Waals surface area contributed by atoms with E-state index < -0.39 is 0 Å². The Bertz CT molecular complexity index is 888. The van der Waals surface area contributed by atoms with Gasteiger partial charge in [-0.05, 0) is 31.4 Å². The number of carbonyl (C=O) groups is 1. The minimum atomic E-state index is 0.0432. The summed E-state index contributed by atoms with van der Waals surface area (Å²) in [6, 6.07) is 8.16. The van der Waals surface area contributed by atoms with Crippen molar-refractivity contribution in [2.24, 2.45) is 5.92 Å². The van der Waals surface area contributed by atoms with E-state index >= 15 is 0 Å². The van der Waals surface area contributed by atoms with Crippen molar-refractivity contribution in [1.29, 1.82) is 0 Å². The molecule has 3 aromatic rings. The summed E-state index contributed by atoms with van der Waals surface area (Å²) in [5, 5.41) is 12.4. The van der Waals surface area contributed by atoms with E-state index in [2.05, 4.69) is 51.9 Å². The smallest absolute Gasteiger partial charge is 0.230 e. The highest BCUT2D eigenvalue weighted by molar-refractivity contribution is 8.00. The predicted octanol–water partition coefficient (Wildman–Crippen LogP) is 4.45. The minimum Gasteiger partial charge on any atom is -0.355 e. The van der Waals surface area contributed by atoms with E-state index in [4.69, 9.17) is 0 Å². The normalized spacial score (nSPS) is 11.4. The van der Waals surface area contributed by atoms with E-state index in [-0.39, 0.29) is 5.91 Å². The molecule has 0 aliphatic heterocycles. The van der Waals surface area contributed by atoms with Crippen LogP contribution in [0.2, 0.25) is 0 Å². The first-order chi connectivity index (χ1) is 13.6. The average molecular weight is 436 g/mol. The van der Waals surface area contributed by atoms with Gasteiger partial charge in [0.25, 0.3) is 0 Å². The molecule has 0 spiro atoms. The van der Waals surface area contributed by atoms with Crippen molar-refractivity contribution >= 4 is 51.0 Å². The van der Waals surface area contributed by atoms with Gasteiger partial charge in [-0.1, -0.05) is 49.5 Å². The lowest BCUT2D eigenvalue weighted by Crippen LogP contribution is -2.27. The molecule has 0 aliphatic rings. The molecule has 0 bridgehead atoms. The molecule has 0 radical (unpaired) electrons. The summed E-state index contributed by atoms with van der Waals surface area (Å²) in [7, 11) is 0. The van der Waals surface area contributed by atoms with Gasteiger partial charge >= 0.3 is 0 Å². The summed E-state index contributed by atoms with van der Waals surface area (Å²) >= 11 is 4.81. The van der Waals surface area contributed by atoms with Crippen molar-refractivity contribution in [2.75, 3.05) is 12.3 Å². The topological polar surface area (TPSA) is 72.7 Å². The fourth-order valence-corrected chi connectivity index (χ4v) is 5.43. The third kappa shape index (κ3) is 5.71. The molecule has 9 heteroatoms. The Morgan fingerprint density at radius 3 is 2.82 bits per heavy atom. The third-order valence-electron chi connectivity index (χ3n) is 4.08. The lowest BCUT2D eigenvalue weighted by atomic mass is 10.1. The van der Waals surface area contributed by atoms with E-state index in [0.717, 1.165) is 40.3 Å². The van der Waals surface area contributed by atoms with Gasteiger partial charge < -0.3 is 9.88 Å². The first-order valence-electron chi connectivity index (χ1n) is 9.36. The maximum atomic E-state index is 12.0. The van der Waals surface area contributed by atoms with E-state index in [1.165, 1.54) is 16.5 Å². The molecule has 0 atom stereocenters. The molecule has 1 aromatic carbocycles. The van der Waals surface area contributed by atoms with Gasteiger partial charge in [0.1, 0.15) is 5.82 Å². The van der Waals surface area contributed by atoms with E-state index in [9.17, 15) is 4.79 Å². The molecule has 6 nitrogen and oxygen atoms in total. The number of hydrogen-bond acceptors (Lipinski definition) is 7. The van der Waals surface area contributed by atoms with Crippen LogP contribution in [0.1, 0.15) is 33.0 Å². The minimum absolute atomic E-state index is 0.0432. The largest absolute Gasteiger partial charge is 0.355 e. The standard InChI is InChI=1S/C19H25N5OS3/c1-4-24-16(11-27-19-21-14-7-5-6-8-15(14)28-19)22-23-18(24)26-12-17(25)20-10-9-13(2)3/h5-8,13H,4,9-12H2,1-3H3,(H,20,25). The van der Waals surface area contributed by atoms with Crippen molar-refractivity contribution in [1.82, 2.24) is 25.1 Å². The molecule has 0 fully saturated rings. The number of rotatable bonds is 10. The number of fused-ring (bicyclic) bond motifs is 1. The Labute approximate surface area is 177 Å². The summed E-state index contributed by atoms with van der Waals surface area (Å²) in [6.45, 7) is 7.88. The highest BCUT2D eigenvalue weighted by atomic mass is 32.2. The number of para-hydroxylation sites is 1. The SMILES string of the molecule is CCn1c(CSc2nc3ccccc3s2)nnc1SCC(=O)NCCC(C)C. The van der Waals surface area contributed by atoms with Gasteiger partial charge in [0, 0.05) is 13.1 Å². The van der Waals surface area contributed by atoms with Crippen LogP contribution in [0.3, 0.4) is 0 Å². The van der Waals surface area contributed by atoms with Crippen molar-refractivity contribution in [2.45, 2.75) is 49.0 Å². The molecule has 2 aromatic heterocycles. The second-order valence-corrected chi connectivity index (χ2v) is 9.90. The van der Waals surface area contributed by atoms with Crippen LogP contribution in [-0.4, -0.2) is 38.0 Å². The lowest BCUT2D eigenvalue weighted by molar-refractivity contribution is -0.118. The van der Waals surface area contributed by atoms with E-state index in [1.54, 1.807) is 23.1 Å². The molecule has 0 aliphatic carbocycles. The number of benzene rings is 1. The maximum Gasteiger partial charge on any atom is 0.230 e. The number of carbonyl (C=O) groups excluding carboxylic acids is 1. The fraction of sp³-hybridized carbons (Fsp3) is 0.474. The Kier molecular flexibility index (Phi) is 7.75. The predicted molar refractivity (Wildman–Crippen MR) is 118 cm³/mol. The molecule has 2 heterocycles. The Balaban J connectivity index is 1.55. The van der Waals surface area contributed by atoms with Crippen LogP contribution < -0.4 is 5.32 Å². The number of aromatic nitrogens is 4. The molecular weight excluding hydrogens is 410 g/mol. The van der Waals surface area contributed by atoms with Crippen molar-refractivity contribution in [3.8, 4) is 0 Å². The third-order valence-corrected chi connectivity index (χ3v) is 7.23. The number of hydrogen-bond donors (Lipinski definition) is 1. The number of thioether (sulfide) groups is 2. The Morgan fingerprint density at radius 2 is 2.07 bits per heavy atom. The second kappa shape index (κ2) is 10.3. The molecule has 0 unspecified atom stereocenters. The fourth-order valence-electron chi connectivity index (χ4n) is 2.57. The van der Waals surface area contributed by atoms with Crippen LogP contribution in [0.25, 0.3) is 10.2 Å². The van der Waals surface area contributed by atoms with Gasteiger partial charge in [0.15, 0.2) is 9.50 Å². The van der Waals surface area contributed by atoms with Gasteiger partial charge in [-0.3, -0.25) is 4.79 Å². The molecule has 3 rings (SSSR count).